The molecule has 0 aliphatic carbocycles. The van der Waals surface area contributed by atoms with Crippen LogP contribution in [-0.4, -0.2) is 19.1 Å². The monoisotopic (exact) mass is 300 g/mol. The van der Waals surface area contributed by atoms with Crippen molar-refractivity contribution in [1.82, 2.24) is 19.1 Å². The number of nitrogens with zero attached hydrogens (tertiary/aromatic N) is 4. The number of aryl methyl sites for hydroxylation is 1. The smallest absolute Gasteiger partial charge is 0.281 e. The van der Waals surface area contributed by atoms with Gasteiger partial charge in [0, 0.05) is 18.0 Å². The second-order valence-electron chi connectivity index (χ2n) is 5.21. The molecule has 6 heteroatoms. The van der Waals surface area contributed by atoms with Crippen LogP contribution in [0.2, 0.25) is 5.02 Å². The molecule has 0 saturated carbocycles. The van der Waals surface area contributed by atoms with Crippen LogP contribution >= 0.6 is 11.6 Å². The first-order valence-electron chi connectivity index (χ1n) is 6.97. The molecule has 0 unspecified atom stereocenters. The van der Waals surface area contributed by atoms with Gasteiger partial charge in [-0.05, 0) is 31.0 Å². The van der Waals surface area contributed by atoms with E-state index in [1.54, 1.807) is 10.9 Å². The van der Waals surface area contributed by atoms with Crippen molar-refractivity contribution in [2.45, 2.75) is 25.8 Å². The predicted molar refractivity (Wildman–Crippen MR) is 81.1 cm³/mol. The lowest BCUT2D eigenvalue weighted by Crippen LogP contribution is -2.28. The molecule has 4 rings (SSSR count). The summed E-state index contributed by atoms with van der Waals surface area (Å²) < 4.78 is 3.57. The SMILES string of the molecule is O=c1c2ncn(-c3cccc(Cl)c3)c2nc2n1CCCC2. The van der Waals surface area contributed by atoms with E-state index >= 15 is 0 Å². The number of benzene rings is 1. The van der Waals surface area contributed by atoms with E-state index in [2.05, 4.69) is 9.97 Å². The fourth-order valence-electron chi connectivity index (χ4n) is 2.82. The summed E-state index contributed by atoms with van der Waals surface area (Å²) in [5.41, 5.74) is 1.84. The third-order valence-electron chi connectivity index (χ3n) is 3.86. The van der Waals surface area contributed by atoms with Gasteiger partial charge in [0.2, 0.25) is 0 Å². The summed E-state index contributed by atoms with van der Waals surface area (Å²) in [6, 6.07) is 7.44. The van der Waals surface area contributed by atoms with Crippen molar-refractivity contribution in [3.8, 4) is 5.69 Å². The molecule has 2 aromatic heterocycles. The van der Waals surface area contributed by atoms with Crippen molar-refractivity contribution in [3.05, 3.63) is 51.8 Å². The van der Waals surface area contributed by atoms with Gasteiger partial charge >= 0.3 is 0 Å². The molecule has 0 spiro atoms. The maximum absolute atomic E-state index is 12.5. The van der Waals surface area contributed by atoms with Gasteiger partial charge in [-0.15, -0.1) is 0 Å². The molecule has 0 atom stereocenters. The van der Waals surface area contributed by atoms with Gasteiger partial charge in [0.1, 0.15) is 12.2 Å². The first kappa shape index (κ1) is 12.6. The maximum Gasteiger partial charge on any atom is 0.281 e. The van der Waals surface area contributed by atoms with Gasteiger partial charge in [0.25, 0.3) is 5.56 Å². The summed E-state index contributed by atoms with van der Waals surface area (Å²) in [5, 5.41) is 0.643. The number of hydrogen-bond donors (Lipinski definition) is 0. The van der Waals surface area contributed by atoms with Crippen LogP contribution in [0, 0.1) is 0 Å². The number of rotatable bonds is 1. The average molecular weight is 301 g/mol. The minimum Gasteiger partial charge on any atom is -0.295 e. The van der Waals surface area contributed by atoms with Gasteiger partial charge in [0.15, 0.2) is 11.2 Å². The van der Waals surface area contributed by atoms with E-state index in [-0.39, 0.29) is 5.56 Å². The van der Waals surface area contributed by atoms with Crippen molar-refractivity contribution < 1.29 is 0 Å². The predicted octanol–water partition coefficient (Wildman–Crippen LogP) is 2.57. The first-order chi connectivity index (χ1) is 10.2. The molecule has 21 heavy (non-hydrogen) atoms. The van der Waals surface area contributed by atoms with Gasteiger partial charge in [-0.25, -0.2) is 9.97 Å². The Kier molecular flexibility index (Phi) is 2.82. The van der Waals surface area contributed by atoms with Crippen molar-refractivity contribution >= 4 is 22.8 Å². The molecule has 106 valence electrons. The lowest BCUT2D eigenvalue weighted by Gasteiger charge is -2.16. The van der Waals surface area contributed by atoms with Gasteiger partial charge in [-0.3, -0.25) is 13.9 Å². The lowest BCUT2D eigenvalue weighted by molar-refractivity contribution is 0.500. The molecule has 1 aliphatic rings. The molecule has 1 aromatic carbocycles. The molecule has 0 radical (unpaired) electrons. The van der Waals surface area contributed by atoms with Crippen LogP contribution in [0.3, 0.4) is 0 Å². The van der Waals surface area contributed by atoms with E-state index in [1.165, 1.54) is 0 Å². The molecule has 5 nitrogen and oxygen atoms in total. The van der Waals surface area contributed by atoms with E-state index in [9.17, 15) is 4.79 Å². The fourth-order valence-corrected chi connectivity index (χ4v) is 3.00. The highest BCUT2D eigenvalue weighted by Crippen LogP contribution is 2.20. The van der Waals surface area contributed by atoms with E-state index in [0.717, 1.165) is 37.3 Å². The van der Waals surface area contributed by atoms with Gasteiger partial charge in [-0.2, -0.15) is 0 Å². The topological polar surface area (TPSA) is 52.7 Å². The Hall–Kier alpha value is -2.14. The molecule has 0 N–H and O–H groups in total. The Morgan fingerprint density at radius 1 is 1.24 bits per heavy atom. The third-order valence-corrected chi connectivity index (χ3v) is 4.09. The van der Waals surface area contributed by atoms with Crippen LogP contribution in [0.1, 0.15) is 18.7 Å². The van der Waals surface area contributed by atoms with Crippen LogP contribution in [0.4, 0.5) is 0 Å². The third kappa shape index (κ3) is 1.96. The number of fused-ring (bicyclic) bond motifs is 2. The summed E-state index contributed by atoms with van der Waals surface area (Å²) in [6.45, 7) is 0.737. The molecule has 0 saturated heterocycles. The summed E-state index contributed by atoms with van der Waals surface area (Å²) in [7, 11) is 0. The van der Waals surface area contributed by atoms with E-state index in [4.69, 9.17) is 11.6 Å². The van der Waals surface area contributed by atoms with Gasteiger partial charge < -0.3 is 0 Å². The Morgan fingerprint density at radius 2 is 2.14 bits per heavy atom. The zero-order chi connectivity index (χ0) is 14.4. The quantitative estimate of drug-likeness (QED) is 0.694. The van der Waals surface area contributed by atoms with Gasteiger partial charge in [0.05, 0.1) is 5.69 Å². The maximum atomic E-state index is 12.5. The van der Waals surface area contributed by atoms with Crippen LogP contribution in [0.15, 0.2) is 35.4 Å². The van der Waals surface area contributed by atoms with Gasteiger partial charge in [-0.1, -0.05) is 17.7 Å². The molecule has 3 aromatic rings. The normalized spacial score (nSPS) is 14.3. The second-order valence-corrected chi connectivity index (χ2v) is 5.65. The van der Waals surface area contributed by atoms with Crippen LogP contribution in [0.25, 0.3) is 16.9 Å². The standard InChI is InChI=1S/C15H13ClN4O/c16-10-4-3-5-11(8-10)20-9-17-13-14(20)18-12-6-1-2-7-19(12)15(13)21/h3-5,8-9H,1-2,6-7H2. The fraction of sp³-hybridized carbons (Fsp3) is 0.267. The molecule has 1 aliphatic heterocycles. The van der Waals surface area contributed by atoms with Crippen LogP contribution in [0.5, 0.6) is 0 Å². The van der Waals surface area contributed by atoms with Crippen LogP contribution < -0.4 is 5.56 Å². The molecule has 0 bridgehead atoms. The largest absolute Gasteiger partial charge is 0.295 e. The Morgan fingerprint density at radius 3 is 3.00 bits per heavy atom. The van der Waals surface area contributed by atoms with Crippen LogP contribution in [-0.2, 0) is 13.0 Å². The van der Waals surface area contributed by atoms with Crippen molar-refractivity contribution in [2.24, 2.45) is 0 Å². The minimum absolute atomic E-state index is 0.0459. The summed E-state index contributed by atoms with van der Waals surface area (Å²) in [5.74, 6) is 0.850. The number of aromatic nitrogens is 4. The zero-order valence-electron chi connectivity index (χ0n) is 11.3. The summed E-state index contributed by atoms with van der Waals surface area (Å²) in [6.07, 6.45) is 4.57. The highest BCUT2D eigenvalue weighted by Gasteiger charge is 2.18. The zero-order valence-corrected chi connectivity index (χ0v) is 12.0. The number of imidazole rings is 1. The molecule has 3 heterocycles. The molecule has 0 amide bonds. The van der Waals surface area contributed by atoms with E-state index in [1.807, 2.05) is 28.8 Å². The minimum atomic E-state index is -0.0459. The highest BCUT2D eigenvalue weighted by atomic mass is 35.5. The Balaban J connectivity index is 2.00. The van der Waals surface area contributed by atoms with Crippen molar-refractivity contribution in [2.75, 3.05) is 0 Å². The number of halogens is 1. The summed E-state index contributed by atoms with van der Waals surface area (Å²) >= 11 is 6.04. The molecule has 0 fully saturated rings. The Bertz CT molecular complexity index is 896. The first-order valence-corrected chi connectivity index (χ1v) is 7.34. The molecular weight excluding hydrogens is 288 g/mol. The number of hydrogen-bond acceptors (Lipinski definition) is 3. The lowest BCUT2D eigenvalue weighted by atomic mass is 10.1. The summed E-state index contributed by atoms with van der Waals surface area (Å²) in [4.78, 5) is 21.4. The molecular formula is C15H13ClN4O. The Labute approximate surface area is 125 Å². The van der Waals surface area contributed by atoms with E-state index in [0.29, 0.717) is 16.2 Å². The second kappa shape index (κ2) is 4.70. The van der Waals surface area contributed by atoms with Crippen molar-refractivity contribution in [3.63, 3.8) is 0 Å². The average Bonchev–Trinajstić information content (AvgIpc) is 2.92. The highest BCUT2D eigenvalue weighted by molar-refractivity contribution is 6.30. The van der Waals surface area contributed by atoms with Crippen molar-refractivity contribution in [1.29, 1.82) is 0 Å². The van der Waals surface area contributed by atoms with E-state index < -0.39 is 0 Å².